The third-order valence-corrected chi connectivity index (χ3v) is 5.89. The van der Waals surface area contributed by atoms with Gasteiger partial charge in [0.25, 0.3) is 5.91 Å². The number of aromatic nitrogens is 1. The second kappa shape index (κ2) is 9.73. The Bertz CT molecular complexity index is 1240. The number of aryl methyl sites for hydroxylation is 1. The van der Waals surface area contributed by atoms with E-state index in [2.05, 4.69) is 28.6 Å². The number of hydrogen-bond donors (Lipinski definition) is 0. The highest BCUT2D eigenvalue weighted by Crippen LogP contribution is 2.23. The SMILES string of the molecule is CCOCCn1c(=NC(=O)c2ccc(Oc3ccccc3)cc2)sc2cccc(C)c21. The Balaban J connectivity index is 1.62. The summed E-state index contributed by atoms with van der Waals surface area (Å²) < 4.78 is 14.5. The molecular formula is C25H24N2O3S. The molecule has 0 radical (unpaired) electrons. The Morgan fingerprint density at radius 3 is 2.45 bits per heavy atom. The van der Waals surface area contributed by atoms with Crippen molar-refractivity contribution in [3.8, 4) is 11.5 Å². The highest BCUT2D eigenvalue weighted by atomic mass is 32.1. The molecule has 0 spiro atoms. The quantitative estimate of drug-likeness (QED) is 0.358. The van der Waals surface area contributed by atoms with Gasteiger partial charge >= 0.3 is 0 Å². The van der Waals surface area contributed by atoms with E-state index < -0.39 is 0 Å². The molecule has 1 heterocycles. The second-order valence-corrected chi connectivity index (χ2v) is 8.02. The van der Waals surface area contributed by atoms with Crippen LogP contribution < -0.4 is 9.54 Å². The summed E-state index contributed by atoms with van der Waals surface area (Å²) in [6, 6.07) is 22.8. The number of rotatable bonds is 7. The topological polar surface area (TPSA) is 52.8 Å². The van der Waals surface area contributed by atoms with Gasteiger partial charge in [0.1, 0.15) is 11.5 Å². The number of carbonyl (C=O) groups excluding carboxylic acids is 1. The lowest BCUT2D eigenvalue weighted by Gasteiger charge is -2.07. The largest absolute Gasteiger partial charge is 0.457 e. The first-order valence-corrected chi connectivity index (χ1v) is 11.1. The first-order chi connectivity index (χ1) is 15.2. The van der Waals surface area contributed by atoms with E-state index in [1.165, 1.54) is 11.3 Å². The molecule has 158 valence electrons. The Hall–Kier alpha value is -3.22. The molecular weight excluding hydrogens is 408 g/mol. The molecule has 0 aliphatic rings. The molecule has 0 N–H and O–H groups in total. The van der Waals surface area contributed by atoms with Gasteiger partial charge in [0.15, 0.2) is 4.80 Å². The number of carbonyl (C=O) groups is 1. The molecule has 0 saturated carbocycles. The zero-order valence-corrected chi connectivity index (χ0v) is 18.4. The zero-order chi connectivity index (χ0) is 21.6. The molecule has 6 heteroatoms. The van der Waals surface area contributed by atoms with Gasteiger partial charge in [-0.15, -0.1) is 0 Å². The number of nitrogens with zero attached hydrogens (tertiary/aromatic N) is 2. The normalized spacial score (nSPS) is 11.7. The highest BCUT2D eigenvalue weighted by molar-refractivity contribution is 7.16. The fourth-order valence-corrected chi connectivity index (χ4v) is 4.47. The number of thiazole rings is 1. The maximum atomic E-state index is 12.9. The molecule has 31 heavy (non-hydrogen) atoms. The van der Waals surface area contributed by atoms with E-state index in [0.717, 1.165) is 21.5 Å². The van der Waals surface area contributed by atoms with Gasteiger partial charge in [-0.05, 0) is 61.9 Å². The summed E-state index contributed by atoms with van der Waals surface area (Å²) in [5.41, 5.74) is 2.78. The van der Waals surface area contributed by atoms with Crippen LogP contribution in [0.15, 0.2) is 77.8 Å². The molecule has 4 aromatic rings. The van der Waals surface area contributed by atoms with E-state index in [1.54, 1.807) is 24.3 Å². The third-order valence-electron chi connectivity index (χ3n) is 4.84. The minimum absolute atomic E-state index is 0.277. The van der Waals surface area contributed by atoms with Gasteiger partial charge in [0.2, 0.25) is 0 Å². The number of fused-ring (bicyclic) bond motifs is 1. The fraction of sp³-hybridized carbons (Fsp3) is 0.200. The Labute approximate surface area is 185 Å². The van der Waals surface area contributed by atoms with Crippen molar-refractivity contribution in [1.82, 2.24) is 4.57 Å². The van der Waals surface area contributed by atoms with Crippen LogP contribution in [0, 0.1) is 6.92 Å². The molecule has 0 aliphatic heterocycles. The van der Waals surface area contributed by atoms with Gasteiger partial charge in [-0.3, -0.25) is 4.79 Å². The van der Waals surface area contributed by atoms with Crippen LogP contribution in [-0.2, 0) is 11.3 Å². The van der Waals surface area contributed by atoms with E-state index in [9.17, 15) is 4.79 Å². The summed E-state index contributed by atoms with van der Waals surface area (Å²) in [5, 5.41) is 0. The summed E-state index contributed by atoms with van der Waals surface area (Å²) >= 11 is 1.52. The molecule has 0 aliphatic carbocycles. The van der Waals surface area contributed by atoms with E-state index in [1.807, 2.05) is 43.3 Å². The molecule has 3 aromatic carbocycles. The van der Waals surface area contributed by atoms with Crippen LogP contribution >= 0.6 is 11.3 Å². The molecule has 0 saturated heterocycles. The van der Waals surface area contributed by atoms with Crippen LogP contribution in [0.4, 0.5) is 0 Å². The molecule has 1 amide bonds. The van der Waals surface area contributed by atoms with Gasteiger partial charge in [-0.2, -0.15) is 4.99 Å². The zero-order valence-electron chi connectivity index (χ0n) is 17.6. The number of ether oxygens (including phenoxy) is 2. The van der Waals surface area contributed by atoms with Gasteiger partial charge in [0.05, 0.1) is 16.8 Å². The van der Waals surface area contributed by atoms with Crippen LogP contribution in [0.2, 0.25) is 0 Å². The van der Waals surface area contributed by atoms with Crippen LogP contribution in [0.1, 0.15) is 22.8 Å². The van der Waals surface area contributed by atoms with E-state index in [4.69, 9.17) is 9.47 Å². The average Bonchev–Trinajstić information content (AvgIpc) is 3.13. The van der Waals surface area contributed by atoms with Crippen molar-refractivity contribution in [1.29, 1.82) is 0 Å². The molecule has 0 bridgehead atoms. The lowest BCUT2D eigenvalue weighted by Crippen LogP contribution is -2.20. The van der Waals surface area contributed by atoms with Crippen molar-refractivity contribution in [2.45, 2.75) is 20.4 Å². The Kier molecular flexibility index (Phi) is 6.60. The van der Waals surface area contributed by atoms with Crippen molar-refractivity contribution in [3.05, 3.63) is 88.7 Å². The molecule has 1 aromatic heterocycles. The molecule has 4 rings (SSSR count). The number of amides is 1. The lowest BCUT2D eigenvalue weighted by atomic mass is 10.2. The summed E-state index contributed by atoms with van der Waals surface area (Å²) in [7, 11) is 0. The Morgan fingerprint density at radius 1 is 0.968 bits per heavy atom. The van der Waals surface area contributed by atoms with E-state index >= 15 is 0 Å². The monoisotopic (exact) mass is 432 g/mol. The first-order valence-electron chi connectivity index (χ1n) is 10.2. The summed E-state index contributed by atoms with van der Waals surface area (Å²) in [6.45, 7) is 5.92. The number of para-hydroxylation sites is 2. The van der Waals surface area contributed by atoms with Crippen molar-refractivity contribution in [2.24, 2.45) is 4.99 Å². The lowest BCUT2D eigenvalue weighted by molar-refractivity contribution is 0.0996. The Morgan fingerprint density at radius 2 is 1.71 bits per heavy atom. The van der Waals surface area contributed by atoms with Crippen molar-refractivity contribution in [2.75, 3.05) is 13.2 Å². The summed E-state index contributed by atoms with van der Waals surface area (Å²) in [5.74, 6) is 1.15. The van der Waals surface area contributed by atoms with Gasteiger partial charge in [-0.1, -0.05) is 41.7 Å². The highest BCUT2D eigenvalue weighted by Gasteiger charge is 2.11. The van der Waals surface area contributed by atoms with Crippen molar-refractivity contribution in [3.63, 3.8) is 0 Å². The molecule has 5 nitrogen and oxygen atoms in total. The smallest absolute Gasteiger partial charge is 0.279 e. The first kappa shape index (κ1) is 21.0. The average molecular weight is 433 g/mol. The summed E-state index contributed by atoms with van der Waals surface area (Å²) in [6.07, 6.45) is 0. The predicted octanol–water partition coefficient (Wildman–Crippen LogP) is 5.58. The van der Waals surface area contributed by atoms with Crippen LogP contribution in [0.3, 0.4) is 0 Å². The van der Waals surface area contributed by atoms with Crippen LogP contribution in [0.25, 0.3) is 10.2 Å². The minimum atomic E-state index is -0.277. The van der Waals surface area contributed by atoms with Crippen molar-refractivity contribution >= 4 is 27.5 Å². The van der Waals surface area contributed by atoms with Gasteiger partial charge < -0.3 is 14.0 Å². The number of benzene rings is 3. The van der Waals surface area contributed by atoms with Crippen molar-refractivity contribution < 1.29 is 14.3 Å². The number of hydrogen-bond acceptors (Lipinski definition) is 4. The predicted molar refractivity (Wildman–Crippen MR) is 124 cm³/mol. The van der Waals surface area contributed by atoms with E-state index in [0.29, 0.717) is 35.9 Å². The second-order valence-electron chi connectivity index (χ2n) is 7.01. The fourth-order valence-electron chi connectivity index (χ4n) is 3.34. The third kappa shape index (κ3) is 4.93. The minimum Gasteiger partial charge on any atom is -0.457 e. The van der Waals surface area contributed by atoms with Crippen LogP contribution in [0.5, 0.6) is 11.5 Å². The maximum absolute atomic E-state index is 12.9. The summed E-state index contributed by atoms with van der Waals surface area (Å²) in [4.78, 5) is 18.0. The maximum Gasteiger partial charge on any atom is 0.279 e. The van der Waals surface area contributed by atoms with Crippen LogP contribution in [-0.4, -0.2) is 23.7 Å². The van der Waals surface area contributed by atoms with Gasteiger partial charge in [0, 0.05) is 18.7 Å². The van der Waals surface area contributed by atoms with E-state index in [-0.39, 0.29) is 5.91 Å². The molecule has 0 unspecified atom stereocenters. The standard InChI is InChI=1S/C25H24N2O3S/c1-3-29-17-16-27-23-18(2)8-7-11-22(23)31-25(27)26-24(28)19-12-14-21(15-13-19)30-20-9-5-4-6-10-20/h4-15H,3,16-17H2,1-2H3. The molecule has 0 atom stereocenters. The van der Waals surface area contributed by atoms with Gasteiger partial charge in [-0.25, -0.2) is 0 Å². The molecule has 0 fully saturated rings.